The van der Waals surface area contributed by atoms with Crippen molar-refractivity contribution in [3.05, 3.63) is 35.9 Å². The predicted octanol–water partition coefficient (Wildman–Crippen LogP) is 4.17. The number of rotatable bonds is 10. The van der Waals surface area contributed by atoms with Crippen molar-refractivity contribution in [2.75, 3.05) is 6.61 Å². The minimum Gasteiger partial charge on any atom is -0.396 e. The zero-order chi connectivity index (χ0) is 13.9. The Labute approximate surface area is 117 Å². The average Bonchev–Trinajstić information content (AvgIpc) is 2.42. The molecule has 0 aliphatic carbocycles. The summed E-state index contributed by atoms with van der Waals surface area (Å²) in [4.78, 5) is 0. The first-order chi connectivity index (χ1) is 9.22. The second-order valence-corrected chi connectivity index (χ2v) is 5.61. The van der Waals surface area contributed by atoms with E-state index in [0.717, 1.165) is 25.2 Å². The van der Waals surface area contributed by atoms with Crippen molar-refractivity contribution in [3.8, 4) is 0 Å². The molecule has 0 unspecified atom stereocenters. The highest BCUT2D eigenvalue weighted by Gasteiger charge is 2.09. The van der Waals surface area contributed by atoms with Crippen LogP contribution in [-0.4, -0.2) is 17.8 Å². The SMILES string of the molecule is CC(C)CCC[C@H](CCCO)OCc1ccccc1. The predicted molar refractivity (Wildman–Crippen MR) is 80.0 cm³/mol. The molecule has 2 nitrogen and oxygen atoms in total. The van der Waals surface area contributed by atoms with Crippen LogP contribution in [0.1, 0.15) is 51.5 Å². The molecule has 1 atom stereocenters. The van der Waals surface area contributed by atoms with Crippen LogP contribution in [0.15, 0.2) is 30.3 Å². The van der Waals surface area contributed by atoms with Gasteiger partial charge in [0.15, 0.2) is 0 Å². The lowest BCUT2D eigenvalue weighted by molar-refractivity contribution is 0.0233. The number of hydrogen-bond donors (Lipinski definition) is 1. The van der Waals surface area contributed by atoms with E-state index in [9.17, 15) is 0 Å². The minimum atomic E-state index is 0.259. The molecule has 0 aliphatic rings. The molecule has 1 N–H and O–H groups in total. The highest BCUT2D eigenvalue weighted by Crippen LogP contribution is 2.16. The van der Waals surface area contributed by atoms with E-state index in [1.807, 2.05) is 18.2 Å². The smallest absolute Gasteiger partial charge is 0.0720 e. The molecule has 0 saturated heterocycles. The molecule has 0 saturated carbocycles. The summed E-state index contributed by atoms with van der Waals surface area (Å²) in [7, 11) is 0. The van der Waals surface area contributed by atoms with E-state index >= 15 is 0 Å². The van der Waals surface area contributed by atoms with Crippen LogP contribution in [0.2, 0.25) is 0 Å². The number of aliphatic hydroxyl groups is 1. The molecule has 1 aromatic carbocycles. The van der Waals surface area contributed by atoms with Crippen molar-refractivity contribution >= 4 is 0 Å². The van der Waals surface area contributed by atoms with Crippen LogP contribution in [-0.2, 0) is 11.3 Å². The Morgan fingerprint density at radius 3 is 2.32 bits per heavy atom. The third kappa shape index (κ3) is 8.02. The largest absolute Gasteiger partial charge is 0.396 e. The van der Waals surface area contributed by atoms with Gasteiger partial charge in [-0.1, -0.05) is 57.0 Å². The Kier molecular flexibility index (Phi) is 8.52. The van der Waals surface area contributed by atoms with E-state index in [-0.39, 0.29) is 12.7 Å². The molecule has 0 spiro atoms. The summed E-state index contributed by atoms with van der Waals surface area (Å²) >= 11 is 0. The van der Waals surface area contributed by atoms with E-state index in [4.69, 9.17) is 9.84 Å². The number of benzene rings is 1. The van der Waals surface area contributed by atoms with Gasteiger partial charge in [0.05, 0.1) is 12.7 Å². The van der Waals surface area contributed by atoms with Gasteiger partial charge in [-0.3, -0.25) is 0 Å². The number of ether oxygens (including phenoxy) is 1. The van der Waals surface area contributed by atoms with Crippen molar-refractivity contribution in [1.29, 1.82) is 0 Å². The Hall–Kier alpha value is -0.860. The molecule has 0 heterocycles. The normalized spacial score (nSPS) is 12.8. The molecule has 0 aliphatic heterocycles. The third-order valence-corrected chi connectivity index (χ3v) is 3.32. The Balaban J connectivity index is 2.31. The molecule has 0 bridgehead atoms. The van der Waals surface area contributed by atoms with Crippen molar-refractivity contribution < 1.29 is 9.84 Å². The lowest BCUT2D eigenvalue weighted by Gasteiger charge is -2.18. The van der Waals surface area contributed by atoms with E-state index in [0.29, 0.717) is 6.61 Å². The third-order valence-electron chi connectivity index (χ3n) is 3.32. The van der Waals surface area contributed by atoms with Gasteiger partial charge in [-0.25, -0.2) is 0 Å². The van der Waals surface area contributed by atoms with E-state index in [2.05, 4.69) is 26.0 Å². The molecule has 1 aromatic rings. The van der Waals surface area contributed by atoms with Crippen LogP contribution >= 0.6 is 0 Å². The Morgan fingerprint density at radius 2 is 1.68 bits per heavy atom. The van der Waals surface area contributed by atoms with Crippen molar-refractivity contribution in [1.82, 2.24) is 0 Å². The van der Waals surface area contributed by atoms with Crippen LogP contribution in [0.25, 0.3) is 0 Å². The fraction of sp³-hybridized carbons (Fsp3) is 0.647. The quantitative estimate of drug-likeness (QED) is 0.687. The summed E-state index contributed by atoms with van der Waals surface area (Å²) in [6.07, 6.45) is 5.64. The van der Waals surface area contributed by atoms with Gasteiger partial charge in [0, 0.05) is 6.61 Å². The molecule has 0 amide bonds. The fourth-order valence-electron chi connectivity index (χ4n) is 2.17. The standard InChI is InChI=1S/C17H28O2/c1-15(2)8-6-11-17(12-7-13-18)19-14-16-9-4-3-5-10-16/h3-5,9-10,15,17-18H,6-8,11-14H2,1-2H3/t17-/m1/s1. The molecular formula is C17H28O2. The summed E-state index contributed by atoms with van der Waals surface area (Å²) in [5.74, 6) is 0.757. The average molecular weight is 264 g/mol. The lowest BCUT2D eigenvalue weighted by atomic mass is 10.0. The summed E-state index contributed by atoms with van der Waals surface area (Å²) in [6.45, 7) is 5.45. The topological polar surface area (TPSA) is 29.5 Å². The zero-order valence-corrected chi connectivity index (χ0v) is 12.3. The van der Waals surface area contributed by atoms with Gasteiger partial charge in [0.1, 0.15) is 0 Å². The van der Waals surface area contributed by atoms with Crippen molar-refractivity contribution in [2.24, 2.45) is 5.92 Å². The van der Waals surface area contributed by atoms with Crippen LogP contribution in [0.3, 0.4) is 0 Å². The van der Waals surface area contributed by atoms with E-state index in [1.165, 1.54) is 18.4 Å². The maximum Gasteiger partial charge on any atom is 0.0720 e. The molecule has 19 heavy (non-hydrogen) atoms. The first-order valence-corrected chi connectivity index (χ1v) is 7.48. The van der Waals surface area contributed by atoms with Crippen LogP contribution < -0.4 is 0 Å². The Morgan fingerprint density at radius 1 is 1.00 bits per heavy atom. The van der Waals surface area contributed by atoms with Crippen molar-refractivity contribution in [2.45, 2.75) is 58.7 Å². The summed E-state index contributed by atoms with van der Waals surface area (Å²) in [5, 5.41) is 8.96. The van der Waals surface area contributed by atoms with Gasteiger partial charge in [-0.05, 0) is 30.7 Å². The first-order valence-electron chi connectivity index (χ1n) is 7.48. The summed E-state index contributed by atoms with van der Waals surface area (Å²) in [6, 6.07) is 10.3. The minimum absolute atomic E-state index is 0.259. The first kappa shape index (κ1) is 16.2. The second-order valence-electron chi connectivity index (χ2n) is 5.61. The van der Waals surface area contributed by atoms with Gasteiger partial charge >= 0.3 is 0 Å². The number of aliphatic hydroxyl groups excluding tert-OH is 1. The summed E-state index contributed by atoms with van der Waals surface area (Å²) < 4.78 is 6.00. The highest BCUT2D eigenvalue weighted by molar-refractivity contribution is 5.13. The zero-order valence-electron chi connectivity index (χ0n) is 12.3. The van der Waals surface area contributed by atoms with Gasteiger partial charge < -0.3 is 9.84 Å². The molecule has 0 aromatic heterocycles. The van der Waals surface area contributed by atoms with E-state index < -0.39 is 0 Å². The van der Waals surface area contributed by atoms with Gasteiger partial charge in [-0.2, -0.15) is 0 Å². The Bertz CT molecular complexity index is 308. The molecular weight excluding hydrogens is 236 g/mol. The molecule has 2 heteroatoms. The van der Waals surface area contributed by atoms with Gasteiger partial charge in [0.25, 0.3) is 0 Å². The van der Waals surface area contributed by atoms with Crippen LogP contribution in [0.4, 0.5) is 0 Å². The maximum absolute atomic E-state index is 8.96. The maximum atomic E-state index is 8.96. The van der Waals surface area contributed by atoms with Crippen LogP contribution in [0, 0.1) is 5.92 Å². The molecule has 108 valence electrons. The number of hydrogen-bond acceptors (Lipinski definition) is 2. The second kappa shape index (κ2) is 9.99. The molecule has 0 radical (unpaired) electrons. The van der Waals surface area contributed by atoms with Gasteiger partial charge in [0.2, 0.25) is 0 Å². The molecule has 0 fully saturated rings. The highest BCUT2D eigenvalue weighted by atomic mass is 16.5. The van der Waals surface area contributed by atoms with Crippen LogP contribution in [0.5, 0.6) is 0 Å². The van der Waals surface area contributed by atoms with Crippen molar-refractivity contribution in [3.63, 3.8) is 0 Å². The van der Waals surface area contributed by atoms with Gasteiger partial charge in [-0.15, -0.1) is 0 Å². The van der Waals surface area contributed by atoms with E-state index in [1.54, 1.807) is 0 Å². The fourth-order valence-corrected chi connectivity index (χ4v) is 2.17. The lowest BCUT2D eigenvalue weighted by Crippen LogP contribution is -2.14. The molecule has 1 rings (SSSR count). The monoisotopic (exact) mass is 264 g/mol. The summed E-state index contributed by atoms with van der Waals surface area (Å²) in [5.41, 5.74) is 1.22.